The van der Waals surface area contributed by atoms with Crippen LogP contribution in [0.25, 0.3) is 0 Å². The predicted molar refractivity (Wildman–Crippen MR) is 98.7 cm³/mol. The third-order valence-electron chi connectivity index (χ3n) is 3.91. The lowest BCUT2D eigenvalue weighted by Gasteiger charge is -2.21. The van der Waals surface area contributed by atoms with Gasteiger partial charge in [-0.1, -0.05) is 24.3 Å². The van der Waals surface area contributed by atoms with Crippen LogP contribution in [0.2, 0.25) is 0 Å². The molecule has 2 aromatic rings. The molecule has 0 radical (unpaired) electrons. The number of amides is 2. The van der Waals surface area contributed by atoms with Crippen molar-refractivity contribution in [1.82, 2.24) is 4.90 Å². The summed E-state index contributed by atoms with van der Waals surface area (Å²) in [6.45, 7) is 1.77. The highest BCUT2D eigenvalue weighted by molar-refractivity contribution is 5.95. The molecule has 0 fully saturated rings. The lowest BCUT2D eigenvalue weighted by molar-refractivity contribution is -0.132. The third kappa shape index (κ3) is 5.35. The van der Waals surface area contributed by atoms with Gasteiger partial charge in [0.1, 0.15) is 11.8 Å². The van der Waals surface area contributed by atoms with E-state index in [-0.39, 0.29) is 18.4 Å². The quantitative estimate of drug-likeness (QED) is 0.831. The zero-order valence-electron chi connectivity index (χ0n) is 14.9. The van der Waals surface area contributed by atoms with Gasteiger partial charge in [0.05, 0.1) is 24.9 Å². The number of carbonyl (C=O) groups is 2. The summed E-state index contributed by atoms with van der Waals surface area (Å²) in [7, 11) is 1.60. The molecule has 0 aliphatic carbocycles. The van der Waals surface area contributed by atoms with E-state index in [4.69, 9.17) is 10.00 Å². The van der Waals surface area contributed by atoms with Gasteiger partial charge in [0.25, 0.3) is 0 Å². The monoisotopic (exact) mass is 351 g/mol. The van der Waals surface area contributed by atoms with Crippen LogP contribution < -0.4 is 10.1 Å². The van der Waals surface area contributed by atoms with Gasteiger partial charge in [0, 0.05) is 13.5 Å². The van der Waals surface area contributed by atoms with Gasteiger partial charge >= 0.3 is 0 Å². The van der Waals surface area contributed by atoms with Crippen LogP contribution in [-0.2, 0) is 16.0 Å². The Balaban J connectivity index is 1.98. The smallest absolute Gasteiger partial charge is 0.244 e. The molecule has 0 aliphatic heterocycles. The molecule has 0 aliphatic rings. The molecule has 2 amide bonds. The number of methoxy groups -OCH3 is 1. The molecule has 26 heavy (non-hydrogen) atoms. The second-order valence-corrected chi connectivity index (χ2v) is 5.75. The van der Waals surface area contributed by atoms with Crippen LogP contribution in [0, 0.1) is 11.3 Å². The Bertz CT molecular complexity index is 827. The summed E-state index contributed by atoms with van der Waals surface area (Å²) in [5, 5.41) is 11.8. The average molecular weight is 351 g/mol. The number of carbonyl (C=O) groups excluding carboxylic acids is 2. The van der Waals surface area contributed by atoms with E-state index < -0.39 is 0 Å². The average Bonchev–Trinajstić information content (AvgIpc) is 2.65. The summed E-state index contributed by atoms with van der Waals surface area (Å²) >= 11 is 0. The van der Waals surface area contributed by atoms with Crippen LogP contribution in [0.4, 0.5) is 5.69 Å². The minimum atomic E-state index is -0.339. The first-order valence-electron chi connectivity index (χ1n) is 8.21. The minimum absolute atomic E-state index is 0.0704. The zero-order chi connectivity index (χ0) is 18.9. The standard InChI is InChI=1S/C20H21N3O3/c1-15(24)23(11-10-16-6-5-8-18(12-16)26-2)14-20(25)22-19-9-4-3-7-17(19)13-21/h3-9,12H,10-11,14H2,1-2H3,(H,22,25). The maximum absolute atomic E-state index is 12.3. The number of benzene rings is 2. The van der Waals surface area contributed by atoms with Crippen molar-refractivity contribution in [2.24, 2.45) is 0 Å². The summed E-state index contributed by atoms with van der Waals surface area (Å²) in [6, 6.07) is 16.4. The first-order valence-corrected chi connectivity index (χ1v) is 8.21. The van der Waals surface area contributed by atoms with E-state index in [1.807, 2.05) is 30.3 Å². The van der Waals surface area contributed by atoms with Crippen LogP contribution in [-0.4, -0.2) is 36.9 Å². The Kier molecular flexibility index (Phi) is 6.75. The highest BCUT2D eigenvalue weighted by Crippen LogP contribution is 2.15. The highest BCUT2D eigenvalue weighted by Gasteiger charge is 2.15. The summed E-state index contributed by atoms with van der Waals surface area (Å²) < 4.78 is 5.19. The Morgan fingerprint density at radius 3 is 2.65 bits per heavy atom. The van der Waals surface area contributed by atoms with Crippen LogP contribution in [0.15, 0.2) is 48.5 Å². The summed E-state index contributed by atoms with van der Waals surface area (Å²) in [5.41, 5.74) is 1.84. The minimum Gasteiger partial charge on any atom is -0.497 e. The SMILES string of the molecule is COc1cccc(CCN(CC(=O)Nc2ccccc2C#N)C(C)=O)c1. The van der Waals surface area contributed by atoms with Crippen LogP contribution >= 0.6 is 0 Å². The van der Waals surface area contributed by atoms with E-state index in [1.54, 1.807) is 31.4 Å². The van der Waals surface area contributed by atoms with Gasteiger partial charge < -0.3 is 15.0 Å². The third-order valence-corrected chi connectivity index (χ3v) is 3.91. The van der Waals surface area contributed by atoms with Crippen molar-refractivity contribution in [2.75, 3.05) is 25.5 Å². The first kappa shape index (κ1) is 19.0. The molecule has 1 N–H and O–H groups in total. The molecule has 2 rings (SSSR count). The fourth-order valence-electron chi connectivity index (χ4n) is 2.49. The number of nitriles is 1. The normalized spacial score (nSPS) is 9.88. The molecular weight excluding hydrogens is 330 g/mol. The lowest BCUT2D eigenvalue weighted by Crippen LogP contribution is -2.38. The molecule has 0 spiro atoms. The largest absolute Gasteiger partial charge is 0.497 e. The van der Waals surface area contributed by atoms with Gasteiger partial charge in [-0.05, 0) is 36.2 Å². The Labute approximate surface area is 153 Å². The molecule has 2 aromatic carbocycles. The van der Waals surface area contributed by atoms with Gasteiger partial charge in [-0.25, -0.2) is 0 Å². The number of anilines is 1. The van der Waals surface area contributed by atoms with Crippen LogP contribution in [0.3, 0.4) is 0 Å². The number of hydrogen-bond acceptors (Lipinski definition) is 4. The first-order chi connectivity index (χ1) is 12.5. The fraction of sp³-hybridized carbons (Fsp3) is 0.250. The highest BCUT2D eigenvalue weighted by atomic mass is 16.5. The van der Waals surface area contributed by atoms with E-state index in [1.165, 1.54) is 11.8 Å². The zero-order valence-corrected chi connectivity index (χ0v) is 14.9. The van der Waals surface area contributed by atoms with E-state index in [9.17, 15) is 9.59 Å². The number of ether oxygens (including phenoxy) is 1. The molecule has 0 aromatic heterocycles. The van der Waals surface area contributed by atoms with E-state index in [0.717, 1.165) is 11.3 Å². The lowest BCUT2D eigenvalue weighted by atomic mass is 10.1. The van der Waals surface area contributed by atoms with Gasteiger partial charge in [0.15, 0.2) is 0 Å². The molecule has 0 unspecified atom stereocenters. The second-order valence-electron chi connectivity index (χ2n) is 5.75. The second kappa shape index (κ2) is 9.23. The van der Waals surface area contributed by atoms with Crippen molar-refractivity contribution in [1.29, 1.82) is 5.26 Å². The molecule has 134 valence electrons. The van der Waals surface area contributed by atoms with Crippen molar-refractivity contribution in [2.45, 2.75) is 13.3 Å². The van der Waals surface area contributed by atoms with Gasteiger partial charge in [-0.15, -0.1) is 0 Å². The van der Waals surface area contributed by atoms with Crippen molar-refractivity contribution in [3.8, 4) is 11.8 Å². The van der Waals surface area contributed by atoms with Gasteiger partial charge in [-0.2, -0.15) is 5.26 Å². The molecule has 6 heteroatoms. The van der Waals surface area contributed by atoms with Gasteiger partial charge in [-0.3, -0.25) is 9.59 Å². The molecule has 0 bridgehead atoms. The van der Waals surface area contributed by atoms with Crippen molar-refractivity contribution in [3.05, 3.63) is 59.7 Å². The molecule has 0 atom stereocenters. The summed E-state index contributed by atoms with van der Waals surface area (Å²) in [5.74, 6) is 0.230. The van der Waals surface area contributed by atoms with E-state index >= 15 is 0 Å². The molecule has 6 nitrogen and oxygen atoms in total. The number of nitrogens with zero attached hydrogens (tertiary/aromatic N) is 2. The maximum Gasteiger partial charge on any atom is 0.244 e. The molecular formula is C20H21N3O3. The van der Waals surface area contributed by atoms with Crippen molar-refractivity contribution < 1.29 is 14.3 Å². The van der Waals surface area contributed by atoms with Crippen LogP contribution in [0.1, 0.15) is 18.1 Å². The topological polar surface area (TPSA) is 82.4 Å². The van der Waals surface area contributed by atoms with Crippen molar-refractivity contribution >= 4 is 17.5 Å². The Morgan fingerprint density at radius 2 is 1.96 bits per heavy atom. The number of para-hydroxylation sites is 1. The fourth-order valence-corrected chi connectivity index (χ4v) is 2.49. The van der Waals surface area contributed by atoms with Crippen molar-refractivity contribution in [3.63, 3.8) is 0 Å². The molecule has 0 saturated heterocycles. The number of rotatable bonds is 7. The number of nitrogens with one attached hydrogen (secondary N) is 1. The van der Waals surface area contributed by atoms with E-state index in [0.29, 0.717) is 24.2 Å². The predicted octanol–water partition coefficient (Wildman–Crippen LogP) is 2.60. The van der Waals surface area contributed by atoms with E-state index in [2.05, 4.69) is 5.32 Å². The van der Waals surface area contributed by atoms with Gasteiger partial charge in [0.2, 0.25) is 11.8 Å². The maximum atomic E-state index is 12.3. The Morgan fingerprint density at radius 1 is 1.19 bits per heavy atom. The summed E-state index contributed by atoms with van der Waals surface area (Å²) in [6.07, 6.45) is 0.610. The molecule has 0 heterocycles. The van der Waals surface area contributed by atoms with Crippen LogP contribution in [0.5, 0.6) is 5.75 Å². The number of hydrogen-bond donors (Lipinski definition) is 1. The summed E-state index contributed by atoms with van der Waals surface area (Å²) in [4.78, 5) is 25.6. The molecule has 0 saturated carbocycles. The Hall–Kier alpha value is -3.33.